The normalized spacial score (nSPS) is 12.7. The molecule has 5 nitrogen and oxygen atoms in total. The summed E-state index contributed by atoms with van der Waals surface area (Å²) >= 11 is 6.29. The molecule has 35 heavy (non-hydrogen) atoms. The molecule has 1 unspecified atom stereocenters. The van der Waals surface area contributed by atoms with Crippen LogP contribution in [0.4, 0.5) is 4.39 Å². The number of hydrogen-bond donors (Lipinski definition) is 1. The van der Waals surface area contributed by atoms with E-state index in [1.54, 1.807) is 12.4 Å². The summed E-state index contributed by atoms with van der Waals surface area (Å²) in [7, 11) is -1.86. The van der Waals surface area contributed by atoms with E-state index < -0.39 is 10.7 Å². The van der Waals surface area contributed by atoms with Crippen LogP contribution >= 0.6 is 11.6 Å². The van der Waals surface area contributed by atoms with Crippen LogP contribution in [-0.2, 0) is 23.9 Å². The van der Waals surface area contributed by atoms with Crippen LogP contribution in [0.5, 0.6) is 0 Å². The van der Waals surface area contributed by atoms with Gasteiger partial charge in [-0.25, -0.2) is 4.39 Å². The van der Waals surface area contributed by atoms with E-state index in [0.717, 1.165) is 37.6 Å². The van der Waals surface area contributed by atoms with Gasteiger partial charge in [-0.2, -0.15) is 6.42 Å². The number of nitrogens with zero attached hydrogens (tertiary/aromatic N) is 1. The summed E-state index contributed by atoms with van der Waals surface area (Å²) in [4.78, 5) is 13.7. The summed E-state index contributed by atoms with van der Waals surface area (Å²) in [6, 6.07) is 2.96. The van der Waals surface area contributed by atoms with Crippen LogP contribution in [0.15, 0.2) is 47.3 Å². The molecule has 0 aliphatic carbocycles. The number of nitrogens with one attached hydrogen (secondary N) is 1. The molecule has 10 heteroatoms. The van der Waals surface area contributed by atoms with Gasteiger partial charge in [0, 0.05) is 5.03 Å². The van der Waals surface area contributed by atoms with E-state index in [-0.39, 0.29) is 115 Å². The van der Waals surface area contributed by atoms with Gasteiger partial charge in [-0.05, 0) is 43.4 Å². The summed E-state index contributed by atoms with van der Waals surface area (Å²) in [5.41, 5.74) is 3.21. The Balaban J connectivity index is -0.000000311. The summed E-state index contributed by atoms with van der Waals surface area (Å²) < 4.78 is 31.0. The Bertz CT molecular complexity index is 849. The number of rotatable bonds is 10. The summed E-state index contributed by atoms with van der Waals surface area (Å²) in [5.74, 6) is -0.158. The number of halogens is 2. The minimum atomic E-state index is -1.86. The van der Waals surface area contributed by atoms with Crippen molar-refractivity contribution in [1.29, 1.82) is 0 Å². The third-order valence-corrected chi connectivity index (χ3v) is 4.42. The second kappa shape index (κ2) is 26.9. The molecular formula is C25H36ClFK2N2O3S-2. The van der Waals surface area contributed by atoms with Crippen molar-refractivity contribution in [2.45, 2.75) is 53.4 Å². The van der Waals surface area contributed by atoms with Crippen molar-refractivity contribution in [1.82, 2.24) is 10.3 Å². The fourth-order valence-corrected chi connectivity index (χ4v) is 2.58. The monoisotopic (exact) mass is 576 g/mol. The molecule has 0 aliphatic rings. The molecule has 0 fully saturated rings. The molecule has 0 saturated carbocycles. The van der Waals surface area contributed by atoms with Crippen LogP contribution in [0.25, 0.3) is 5.70 Å². The first-order chi connectivity index (χ1) is 15.4. The van der Waals surface area contributed by atoms with Gasteiger partial charge in [0.05, 0.1) is 23.3 Å². The van der Waals surface area contributed by atoms with E-state index in [1.807, 2.05) is 6.92 Å². The van der Waals surface area contributed by atoms with E-state index in [1.165, 1.54) is 17.8 Å². The molecule has 1 heterocycles. The Kier molecular flexibility index (Phi) is 33.3. The Hall–Kier alpha value is 1.28. The average molecular weight is 577 g/mol. The van der Waals surface area contributed by atoms with Gasteiger partial charge >= 0.3 is 103 Å². The molecule has 1 rings (SSSR count). The van der Waals surface area contributed by atoms with Crippen molar-refractivity contribution in [3.63, 3.8) is 0 Å². The van der Waals surface area contributed by atoms with Gasteiger partial charge in [0.1, 0.15) is 5.82 Å². The van der Waals surface area contributed by atoms with Crippen molar-refractivity contribution in [3.05, 3.63) is 72.6 Å². The standard InChI is InChI=1S/C18H24ClFN2.C6H9O.CH3O2S.2K/c1-6-8-16(12(3)7-2)18(13(4)19)22-14(5)17-10-9-15(20)11-21-17;1-3-4-6(2)5-7;1-4(2)3;;/h8-12,22H,5-7H2,1-4H3;6H,1-4H2;1H3;;/q;-3;-1;2*+1/b16-8+,18-13+;;;;/t12-;;;;/m0..../s1. The first kappa shape index (κ1) is 43.3. The zero-order chi connectivity index (χ0) is 26.0. The molecule has 188 valence electrons. The van der Waals surface area contributed by atoms with Crippen molar-refractivity contribution < 1.29 is 120 Å². The molecule has 0 radical (unpaired) electrons. The maximum atomic E-state index is 13.0. The van der Waals surface area contributed by atoms with Crippen molar-refractivity contribution in [3.8, 4) is 0 Å². The molecule has 0 bridgehead atoms. The fraction of sp³-hybridized carbons (Fsp3) is 0.440. The van der Waals surface area contributed by atoms with Gasteiger partial charge in [-0.1, -0.05) is 62.0 Å². The number of allylic oxidation sites excluding steroid dienone is 3. The quantitative estimate of drug-likeness (QED) is 0.192. The third-order valence-electron chi connectivity index (χ3n) is 4.23. The van der Waals surface area contributed by atoms with E-state index in [0.29, 0.717) is 22.3 Å². The number of aromatic nitrogens is 1. The Morgan fingerprint density at radius 1 is 1.34 bits per heavy atom. The number of carbonyl (C=O) groups excluding carboxylic acids is 1. The number of hydrogen-bond acceptors (Lipinski definition) is 6. The van der Waals surface area contributed by atoms with Crippen LogP contribution < -0.4 is 108 Å². The average Bonchev–Trinajstić information content (AvgIpc) is 2.76. The molecular weight excluding hydrogens is 541 g/mol. The number of pyridine rings is 1. The first-order valence-electron chi connectivity index (χ1n) is 10.6. The zero-order valence-corrected chi connectivity index (χ0v) is 30.1. The predicted octanol–water partition coefficient (Wildman–Crippen LogP) is 0.728. The zero-order valence-electron chi connectivity index (χ0n) is 22.2. The van der Waals surface area contributed by atoms with Crippen LogP contribution in [0, 0.1) is 31.5 Å². The van der Waals surface area contributed by atoms with Gasteiger partial charge in [0.25, 0.3) is 0 Å². The Labute approximate surface area is 304 Å². The van der Waals surface area contributed by atoms with Crippen LogP contribution in [-0.4, -0.2) is 17.5 Å². The largest absolute Gasteiger partial charge is 1.00 e. The second-order valence-electron chi connectivity index (χ2n) is 7.11. The van der Waals surface area contributed by atoms with Gasteiger partial charge in [0.2, 0.25) is 0 Å². The van der Waals surface area contributed by atoms with Gasteiger partial charge in [0.15, 0.2) is 0 Å². The SMILES string of the molecule is C=C(NC(/C(=C/CC)[C@@H](C)CC)=C(\C)Cl)c1ccc(F)cn1.C[S-](=O)=O.[CH2-]CCC([CH2-])[C-]=O.[K+].[K+]. The minimum Gasteiger partial charge on any atom is -0.544 e. The summed E-state index contributed by atoms with van der Waals surface area (Å²) in [5, 5.41) is 3.92. The van der Waals surface area contributed by atoms with Crippen molar-refractivity contribution in [2.75, 3.05) is 6.26 Å². The second-order valence-corrected chi connectivity index (χ2v) is 8.48. The summed E-state index contributed by atoms with van der Waals surface area (Å²) in [6.45, 7) is 19.3. The Morgan fingerprint density at radius 2 is 1.89 bits per heavy atom. The molecule has 0 amide bonds. The summed E-state index contributed by atoms with van der Waals surface area (Å²) in [6.07, 6.45) is 9.66. The Morgan fingerprint density at radius 3 is 2.20 bits per heavy atom. The fourth-order valence-electron chi connectivity index (χ4n) is 2.42. The molecule has 0 aliphatic heterocycles. The third kappa shape index (κ3) is 22.9. The molecule has 0 saturated heterocycles. The van der Waals surface area contributed by atoms with Crippen LogP contribution in [0.3, 0.4) is 0 Å². The minimum absolute atomic E-state index is 0. The maximum absolute atomic E-state index is 13.0. The van der Waals surface area contributed by atoms with Gasteiger partial charge in [-0.3, -0.25) is 17.2 Å². The smallest absolute Gasteiger partial charge is 0.544 e. The van der Waals surface area contributed by atoms with Gasteiger partial charge in [-0.15, -0.1) is 6.42 Å². The molecule has 1 aromatic heterocycles. The van der Waals surface area contributed by atoms with Gasteiger partial charge < -0.3 is 32.4 Å². The first-order valence-corrected chi connectivity index (χ1v) is 12.5. The molecule has 1 N–H and O–H groups in total. The van der Waals surface area contributed by atoms with E-state index in [4.69, 9.17) is 20.0 Å². The predicted molar refractivity (Wildman–Crippen MR) is 137 cm³/mol. The molecule has 0 spiro atoms. The van der Waals surface area contributed by atoms with E-state index in [9.17, 15) is 9.18 Å². The molecule has 0 aromatic carbocycles. The molecule has 1 aromatic rings. The van der Waals surface area contributed by atoms with E-state index in [2.05, 4.69) is 57.6 Å². The topological polar surface area (TPSA) is 76.1 Å². The van der Waals surface area contributed by atoms with Crippen molar-refractivity contribution in [2.24, 2.45) is 11.8 Å². The van der Waals surface area contributed by atoms with Crippen molar-refractivity contribution >= 4 is 34.3 Å². The maximum Gasteiger partial charge on any atom is 1.00 e. The van der Waals surface area contributed by atoms with Crippen LogP contribution in [0.2, 0.25) is 0 Å². The van der Waals surface area contributed by atoms with E-state index >= 15 is 0 Å². The molecule has 2 atom stereocenters. The van der Waals surface area contributed by atoms with Crippen LogP contribution in [0.1, 0.15) is 59.1 Å².